The van der Waals surface area contributed by atoms with E-state index in [9.17, 15) is 9.59 Å². The van der Waals surface area contributed by atoms with E-state index in [0.717, 1.165) is 17.7 Å². The van der Waals surface area contributed by atoms with Crippen LogP contribution in [0.2, 0.25) is 5.02 Å². The van der Waals surface area contributed by atoms with Crippen LogP contribution in [0.3, 0.4) is 0 Å². The summed E-state index contributed by atoms with van der Waals surface area (Å²) in [5, 5.41) is 4.19. The van der Waals surface area contributed by atoms with Crippen LogP contribution in [0.15, 0.2) is 57.9 Å². The number of hydrogen-bond donors (Lipinski definition) is 0. The van der Waals surface area contributed by atoms with Gasteiger partial charge in [-0.1, -0.05) is 35.0 Å². The lowest BCUT2D eigenvalue weighted by Crippen LogP contribution is -2.15. The van der Waals surface area contributed by atoms with Crippen LogP contribution in [-0.4, -0.2) is 23.2 Å². The third-order valence-corrected chi connectivity index (χ3v) is 5.50. The Labute approximate surface area is 171 Å². The maximum Gasteiger partial charge on any atom is 0.366 e. The number of thioether (sulfide) groups is 1. The van der Waals surface area contributed by atoms with Crippen LogP contribution in [0.25, 0.3) is 0 Å². The monoisotopic (exact) mass is 413 g/mol. The van der Waals surface area contributed by atoms with Crippen molar-refractivity contribution in [3.05, 3.63) is 76.1 Å². The summed E-state index contributed by atoms with van der Waals surface area (Å²) < 4.78 is 10.7. The SMILES string of the molecule is CSc1ccc(C(=O)c2c(C(=O)Oc3ccccc3)noc2C2CC2)c(Cl)c1. The van der Waals surface area contributed by atoms with Crippen molar-refractivity contribution < 1.29 is 18.8 Å². The zero-order chi connectivity index (χ0) is 19.7. The number of nitrogens with zero attached hydrogens (tertiary/aromatic N) is 1. The number of halogens is 1. The Hall–Kier alpha value is -2.57. The highest BCUT2D eigenvalue weighted by Gasteiger charge is 2.38. The molecular weight excluding hydrogens is 398 g/mol. The van der Waals surface area contributed by atoms with Crippen molar-refractivity contribution in [2.24, 2.45) is 0 Å². The molecule has 0 radical (unpaired) electrons. The third-order valence-electron chi connectivity index (χ3n) is 4.46. The number of carbonyl (C=O) groups excluding carboxylic acids is 2. The van der Waals surface area contributed by atoms with Crippen LogP contribution in [0.5, 0.6) is 5.75 Å². The van der Waals surface area contributed by atoms with Gasteiger partial charge in [0.25, 0.3) is 0 Å². The fourth-order valence-corrected chi connectivity index (χ4v) is 3.64. The van der Waals surface area contributed by atoms with E-state index in [1.165, 1.54) is 11.8 Å². The molecule has 1 aliphatic rings. The van der Waals surface area contributed by atoms with Gasteiger partial charge in [-0.15, -0.1) is 11.8 Å². The number of carbonyl (C=O) groups is 2. The summed E-state index contributed by atoms with van der Waals surface area (Å²) in [5.41, 5.74) is 0.321. The van der Waals surface area contributed by atoms with Crippen LogP contribution in [-0.2, 0) is 0 Å². The minimum absolute atomic E-state index is 0.0916. The van der Waals surface area contributed by atoms with E-state index in [2.05, 4.69) is 5.16 Å². The quantitative estimate of drug-likeness (QED) is 0.234. The smallest absolute Gasteiger partial charge is 0.366 e. The molecular formula is C21H16ClNO4S. The van der Waals surface area contributed by atoms with Gasteiger partial charge in [-0.05, 0) is 49.4 Å². The van der Waals surface area contributed by atoms with Gasteiger partial charge in [0, 0.05) is 16.4 Å². The van der Waals surface area contributed by atoms with E-state index in [1.54, 1.807) is 36.4 Å². The second kappa shape index (κ2) is 7.81. The summed E-state index contributed by atoms with van der Waals surface area (Å²) in [4.78, 5) is 26.9. The first-order chi connectivity index (χ1) is 13.6. The average Bonchev–Trinajstić information content (AvgIpc) is 3.46. The Balaban J connectivity index is 1.72. The maximum absolute atomic E-state index is 13.3. The van der Waals surface area contributed by atoms with Gasteiger partial charge in [0.05, 0.1) is 5.02 Å². The molecule has 1 aromatic heterocycles. The summed E-state index contributed by atoms with van der Waals surface area (Å²) in [5.74, 6) is -0.240. The Morgan fingerprint density at radius 2 is 1.93 bits per heavy atom. The molecule has 0 bridgehead atoms. The number of ether oxygens (including phenoxy) is 1. The molecule has 7 heteroatoms. The summed E-state index contributed by atoms with van der Waals surface area (Å²) in [6, 6.07) is 13.8. The lowest BCUT2D eigenvalue weighted by atomic mass is 9.99. The number of hydrogen-bond acceptors (Lipinski definition) is 6. The highest BCUT2D eigenvalue weighted by Crippen LogP contribution is 2.43. The molecule has 0 atom stereocenters. The zero-order valence-electron chi connectivity index (χ0n) is 15.0. The minimum Gasteiger partial charge on any atom is -0.422 e. The van der Waals surface area contributed by atoms with E-state index >= 15 is 0 Å². The van der Waals surface area contributed by atoms with Crippen molar-refractivity contribution in [3.8, 4) is 5.75 Å². The Kier molecular flexibility index (Phi) is 5.24. The van der Waals surface area contributed by atoms with Crippen molar-refractivity contribution >= 4 is 35.1 Å². The Morgan fingerprint density at radius 1 is 1.18 bits per heavy atom. The van der Waals surface area contributed by atoms with Gasteiger partial charge in [0.15, 0.2) is 5.76 Å². The summed E-state index contributed by atoms with van der Waals surface area (Å²) >= 11 is 7.86. The molecule has 1 fully saturated rings. The molecule has 1 aliphatic carbocycles. The van der Waals surface area contributed by atoms with Crippen molar-refractivity contribution in [1.82, 2.24) is 5.16 Å². The third kappa shape index (κ3) is 3.70. The second-order valence-electron chi connectivity index (χ2n) is 6.42. The van der Waals surface area contributed by atoms with Crippen LogP contribution in [0.4, 0.5) is 0 Å². The number of para-hydroxylation sites is 1. The second-order valence-corrected chi connectivity index (χ2v) is 7.71. The van der Waals surface area contributed by atoms with E-state index < -0.39 is 5.97 Å². The van der Waals surface area contributed by atoms with Gasteiger partial charge in [-0.3, -0.25) is 4.79 Å². The molecule has 0 spiro atoms. The molecule has 0 N–H and O–H groups in total. The summed E-state index contributed by atoms with van der Waals surface area (Å²) in [6.07, 6.45) is 3.71. The summed E-state index contributed by atoms with van der Waals surface area (Å²) in [6.45, 7) is 0. The lowest BCUT2D eigenvalue weighted by Gasteiger charge is -2.07. The van der Waals surface area contributed by atoms with Crippen molar-refractivity contribution in [2.45, 2.75) is 23.7 Å². The number of rotatable bonds is 6. The van der Waals surface area contributed by atoms with Crippen LogP contribution < -0.4 is 4.74 Å². The molecule has 142 valence electrons. The molecule has 28 heavy (non-hydrogen) atoms. The van der Waals surface area contributed by atoms with Gasteiger partial charge in [-0.2, -0.15) is 0 Å². The van der Waals surface area contributed by atoms with Gasteiger partial charge in [-0.25, -0.2) is 4.79 Å². The van der Waals surface area contributed by atoms with Crippen LogP contribution in [0.1, 0.15) is 50.9 Å². The highest BCUT2D eigenvalue weighted by molar-refractivity contribution is 7.98. The number of benzene rings is 2. The summed E-state index contributed by atoms with van der Waals surface area (Å²) in [7, 11) is 0. The minimum atomic E-state index is -0.734. The van der Waals surface area contributed by atoms with Crippen molar-refractivity contribution in [1.29, 1.82) is 0 Å². The fourth-order valence-electron chi connectivity index (χ4n) is 2.87. The molecule has 0 aliphatic heterocycles. The normalized spacial score (nSPS) is 13.4. The predicted molar refractivity (Wildman–Crippen MR) is 107 cm³/mol. The lowest BCUT2D eigenvalue weighted by molar-refractivity contribution is 0.0720. The number of aromatic nitrogens is 1. The van der Waals surface area contributed by atoms with Crippen LogP contribution in [0, 0.1) is 0 Å². The molecule has 0 unspecified atom stereocenters. The van der Waals surface area contributed by atoms with E-state index in [1.807, 2.05) is 18.4 Å². The molecule has 1 saturated carbocycles. The first-order valence-electron chi connectivity index (χ1n) is 8.73. The maximum atomic E-state index is 13.3. The molecule has 0 amide bonds. The fraction of sp³-hybridized carbons (Fsp3) is 0.190. The van der Waals surface area contributed by atoms with Crippen molar-refractivity contribution in [2.75, 3.05) is 6.26 Å². The van der Waals surface area contributed by atoms with Gasteiger partial charge in [0.1, 0.15) is 11.3 Å². The topological polar surface area (TPSA) is 69.4 Å². The first-order valence-corrected chi connectivity index (χ1v) is 10.3. The zero-order valence-corrected chi connectivity index (χ0v) is 16.5. The molecule has 2 aromatic carbocycles. The predicted octanol–water partition coefficient (Wildman–Crippen LogP) is 5.38. The average molecular weight is 414 g/mol. The molecule has 1 heterocycles. The Bertz CT molecular complexity index is 1040. The molecule has 5 nitrogen and oxygen atoms in total. The van der Waals surface area contributed by atoms with Gasteiger partial charge in [0.2, 0.25) is 11.5 Å². The van der Waals surface area contributed by atoms with E-state index in [4.69, 9.17) is 20.9 Å². The van der Waals surface area contributed by atoms with E-state index in [-0.39, 0.29) is 23.0 Å². The molecule has 3 aromatic rings. The Morgan fingerprint density at radius 3 is 2.57 bits per heavy atom. The largest absolute Gasteiger partial charge is 0.422 e. The first kappa shape index (κ1) is 18.8. The van der Waals surface area contributed by atoms with Gasteiger partial charge < -0.3 is 9.26 Å². The van der Waals surface area contributed by atoms with Crippen LogP contribution >= 0.6 is 23.4 Å². The number of ketones is 1. The van der Waals surface area contributed by atoms with E-state index in [0.29, 0.717) is 22.1 Å². The molecule has 4 rings (SSSR count). The highest BCUT2D eigenvalue weighted by atomic mass is 35.5. The molecule has 0 saturated heterocycles. The standard InChI is InChI=1S/C21H16ClNO4S/c1-28-14-9-10-15(16(22)11-14)19(24)17-18(23-27-20(17)12-7-8-12)21(25)26-13-5-3-2-4-6-13/h2-6,9-12H,7-8H2,1H3. The number of esters is 1. The van der Waals surface area contributed by atoms with Crippen molar-refractivity contribution in [3.63, 3.8) is 0 Å². The van der Waals surface area contributed by atoms with Gasteiger partial charge >= 0.3 is 5.97 Å².